The van der Waals surface area contributed by atoms with Crippen LogP contribution in [0.1, 0.15) is 39.0 Å². The number of nitrogens with zero attached hydrogens (tertiary/aromatic N) is 2. The van der Waals surface area contributed by atoms with Crippen LogP contribution < -0.4 is 0 Å². The van der Waals surface area contributed by atoms with Crippen molar-refractivity contribution in [3.05, 3.63) is 0 Å². The van der Waals surface area contributed by atoms with Crippen LogP contribution in [0.5, 0.6) is 0 Å². The molecule has 3 aliphatic rings. The Morgan fingerprint density at radius 3 is 2.62 bits per heavy atom. The highest BCUT2D eigenvalue weighted by Crippen LogP contribution is 2.45. The van der Waals surface area contributed by atoms with Gasteiger partial charge in [0.15, 0.2) is 0 Å². The Morgan fingerprint density at radius 1 is 1.19 bits per heavy atom. The normalized spacial score (nSPS) is 43.3. The highest BCUT2D eigenvalue weighted by atomic mass is 16.4. The van der Waals surface area contributed by atoms with Gasteiger partial charge in [-0.25, -0.2) is 0 Å². The number of hydrogen-bond donors (Lipinski definition) is 1. The number of rotatable bonds is 1. The molecule has 90 valence electrons. The summed E-state index contributed by atoms with van der Waals surface area (Å²) in [6, 6.07) is 0.483. The van der Waals surface area contributed by atoms with E-state index in [0.29, 0.717) is 12.0 Å². The van der Waals surface area contributed by atoms with E-state index in [2.05, 4.69) is 17.0 Å². The van der Waals surface area contributed by atoms with E-state index in [1.165, 1.54) is 45.2 Å². The van der Waals surface area contributed by atoms with Crippen molar-refractivity contribution >= 4 is 5.71 Å². The molecular formula is C13H22N2O. The van der Waals surface area contributed by atoms with Crippen molar-refractivity contribution in [2.45, 2.75) is 45.1 Å². The minimum absolute atomic E-state index is 0.483. The van der Waals surface area contributed by atoms with Crippen molar-refractivity contribution in [2.75, 3.05) is 13.1 Å². The van der Waals surface area contributed by atoms with Crippen LogP contribution in [0.4, 0.5) is 0 Å². The van der Waals surface area contributed by atoms with Crippen molar-refractivity contribution in [1.82, 2.24) is 4.90 Å². The molecule has 3 rings (SSSR count). The van der Waals surface area contributed by atoms with Crippen LogP contribution in [-0.4, -0.2) is 35.0 Å². The van der Waals surface area contributed by atoms with E-state index in [9.17, 15) is 5.21 Å². The van der Waals surface area contributed by atoms with Crippen LogP contribution in [0.25, 0.3) is 0 Å². The summed E-state index contributed by atoms with van der Waals surface area (Å²) >= 11 is 0. The van der Waals surface area contributed by atoms with E-state index in [0.717, 1.165) is 17.5 Å². The Hall–Kier alpha value is -0.570. The number of likely N-dealkylation sites (tertiary alicyclic amines) is 1. The number of hydrogen-bond acceptors (Lipinski definition) is 3. The molecule has 0 spiro atoms. The first-order chi connectivity index (χ1) is 7.79. The van der Waals surface area contributed by atoms with E-state index < -0.39 is 0 Å². The maximum atomic E-state index is 9.20. The quantitative estimate of drug-likeness (QED) is 0.546. The molecule has 2 bridgehead atoms. The maximum Gasteiger partial charge on any atom is 0.0775 e. The van der Waals surface area contributed by atoms with Gasteiger partial charge in [-0.3, -0.25) is 4.90 Å². The molecule has 0 radical (unpaired) electrons. The average molecular weight is 222 g/mol. The first-order valence-corrected chi connectivity index (χ1v) is 6.75. The van der Waals surface area contributed by atoms with Gasteiger partial charge in [0.05, 0.1) is 11.8 Å². The highest BCUT2D eigenvalue weighted by Gasteiger charge is 2.48. The lowest BCUT2D eigenvalue weighted by Gasteiger charge is -2.38. The minimum Gasteiger partial charge on any atom is -0.411 e. The van der Waals surface area contributed by atoms with E-state index in [1.807, 2.05) is 0 Å². The van der Waals surface area contributed by atoms with Crippen LogP contribution in [0.3, 0.4) is 0 Å². The molecule has 2 saturated carbocycles. The lowest BCUT2D eigenvalue weighted by atomic mass is 9.89. The molecule has 1 heterocycles. The van der Waals surface area contributed by atoms with Gasteiger partial charge in [-0.15, -0.1) is 0 Å². The van der Waals surface area contributed by atoms with Crippen LogP contribution in [0.2, 0.25) is 0 Å². The van der Waals surface area contributed by atoms with Crippen molar-refractivity contribution in [2.24, 2.45) is 22.9 Å². The molecule has 3 atom stereocenters. The second kappa shape index (κ2) is 4.02. The third-order valence-electron chi connectivity index (χ3n) is 4.97. The van der Waals surface area contributed by atoms with Gasteiger partial charge >= 0.3 is 0 Å². The van der Waals surface area contributed by atoms with Crippen LogP contribution in [0.15, 0.2) is 5.16 Å². The smallest absolute Gasteiger partial charge is 0.0775 e. The molecule has 3 nitrogen and oxygen atoms in total. The van der Waals surface area contributed by atoms with Gasteiger partial charge in [0.1, 0.15) is 0 Å². The summed E-state index contributed by atoms with van der Waals surface area (Å²) < 4.78 is 0. The average Bonchev–Trinajstić information content (AvgIpc) is 2.89. The fourth-order valence-corrected chi connectivity index (χ4v) is 3.99. The monoisotopic (exact) mass is 222 g/mol. The predicted octanol–water partition coefficient (Wildman–Crippen LogP) is 2.35. The van der Waals surface area contributed by atoms with Gasteiger partial charge < -0.3 is 5.21 Å². The Labute approximate surface area is 97.5 Å². The molecule has 0 aromatic rings. The van der Waals surface area contributed by atoms with Crippen molar-refractivity contribution in [3.8, 4) is 0 Å². The van der Waals surface area contributed by atoms with E-state index in [-0.39, 0.29) is 0 Å². The van der Waals surface area contributed by atoms with Crippen LogP contribution >= 0.6 is 0 Å². The summed E-state index contributed by atoms with van der Waals surface area (Å²) in [6.45, 7) is 4.75. The number of piperidine rings is 1. The molecular weight excluding hydrogens is 200 g/mol. The second-order valence-electron chi connectivity index (χ2n) is 5.96. The summed E-state index contributed by atoms with van der Waals surface area (Å²) in [6.07, 6.45) is 6.50. The van der Waals surface area contributed by atoms with Crippen molar-refractivity contribution in [3.63, 3.8) is 0 Å². The Kier molecular flexibility index (Phi) is 2.66. The minimum atomic E-state index is 0.483. The molecule has 0 aromatic heterocycles. The summed E-state index contributed by atoms with van der Waals surface area (Å²) in [5.74, 6) is 2.26. The lowest BCUT2D eigenvalue weighted by molar-refractivity contribution is 0.138. The summed E-state index contributed by atoms with van der Waals surface area (Å²) in [5.41, 5.74) is 1.10. The van der Waals surface area contributed by atoms with Gasteiger partial charge in [0, 0.05) is 5.92 Å². The maximum absolute atomic E-state index is 9.20. The number of fused-ring (bicyclic) bond motifs is 2. The first-order valence-electron chi connectivity index (χ1n) is 6.75. The van der Waals surface area contributed by atoms with Crippen LogP contribution in [-0.2, 0) is 0 Å². The summed E-state index contributed by atoms with van der Waals surface area (Å²) in [4.78, 5) is 2.58. The highest BCUT2D eigenvalue weighted by molar-refractivity contribution is 5.94. The van der Waals surface area contributed by atoms with Gasteiger partial charge in [0.2, 0.25) is 0 Å². The Balaban J connectivity index is 1.74. The molecule has 0 aromatic carbocycles. The largest absolute Gasteiger partial charge is 0.411 e. The molecule has 16 heavy (non-hydrogen) atoms. The summed E-state index contributed by atoms with van der Waals surface area (Å²) in [5, 5.41) is 12.8. The van der Waals surface area contributed by atoms with E-state index in [4.69, 9.17) is 0 Å². The third kappa shape index (κ3) is 1.56. The van der Waals surface area contributed by atoms with Gasteiger partial charge in [-0.2, -0.15) is 0 Å². The number of oxime groups is 1. The van der Waals surface area contributed by atoms with Gasteiger partial charge in [-0.05, 0) is 57.0 Å². The van der Waals surface area contributed by atoms with E-state index >= 15 is 0 Å². The second-order valence-corrected chi connectivity index (χ2v) is 5.96. The molecule has 2 aliphatic carbocycles. The zero-order valence-corrected chi connectivity index (χ0v) is 10.1. The first kappa shape index (κ1) is 10.6. The third-order valence-corrected chi connectivity index (χ3v) is 4.97. The zero-order valence-electron chi connectivity index (χ0n) is 10.1. The van der Waals surface area contributed by atoms with E-state index in [1.54, 1.807) is 0 Å². The molecule has 3 fully saturated rings. The standard InChI is InChI=1S/C13H22N2O/c1-9-4-6-15(7-5-9)13-11-3-2-10(8-11)12(13)14-16/h9-11,13,16H,2-8H2,1H3/b14-12+. The molecule has 1 N–H and O–H groups in total. The fourth-order valence-electron chi connectivity index (χ4n) is 3.99. The predicted molar refractivity (Wildman–Crippen MR) is 63.8 cm³/mol. The van der Waals surface area contributed by atoms with Gasteiger partial charge in [0.25, 0.3) is 0 Å². The Bertz CT molecular complexity index is 294. The molecule has 3 heteroatoms. The van der Waals surface area contributed by atoms with Crippen molar-refractivity contribution in [1.29, 1.82) is 0 Å². The van der Waals surface area contributed by atoms with Crippen molar-refractivity contribution < 1.29 is 5.21 Å². The molecule has 1 saturated heterocycles. The molecule has 0 amide bonds. The lowest BCUT2D eigenvalue weighted by Crippen LogP contribution is -2.48. The summed E-state index contributed by atoms with van der Waals surface area (Å²) in [7, 11) is 0. The fraction of sp³-hybridized carbons (Fsp3) is 0.923. The van der Waals surface area contributed by atoms with Gasteiger partial charge in [-0.1, -0.05) is 12.1 Å². The zero-order chi connectivity index (χ0) is 11.1. The topological polar surface area (TPSA) is 35.8 Å². The molecule has 3 unspecified atom stereocenters. The van der Waals surface area contributed by atoms with Crippen LogP contribution in [0, 0.1) is 17.8 Å². The Morgan fingerprint density at radius 2 is 1.94 bits per heavy atom. The SMILES string of the molecule is CC1CCN(C2/C(=N/O)C3CCC2C3)CC1. The molecule has 1 aliphatic heterocycles.